The van der Waals surface area contributed by atoms with Crippen LogP contribution < -0.4 is 5.32 Å². The van der Waals surface area contributed by atoms with Crippen LogP contribution >= 0.6 is 11.3 Å². The first-order valence-corrected chi connectivity index (χ1v) is 7.19. The SMILES string of the molecule is Cc1cc(-c2ncn[nH]2)sc1C(=O)NCc1cccnc1. The van der Waals surface area contributed by atoms with Crippen LogP contribution in [0.15, 0.2) is 36.9 Å². The summed E-state index contributed by atoms with van der Waals surface area (Å²) in [7, 11) is 0. The third kappa shape index (κ3) is 2.97. The van der Waals surface area contributed by atoms with Crippen LogP contribution in [0.1, 0.15) is 20.8 Å². The summed E-state index contributed by atoms with van der Waals surface area (Å²) < 4.78 is 0. The van der Waals surface area contributed by atoms with Crippen molar-refractivity contribution in [2.75, 3.05) is 0 Å². The fraction of sp³-hybridized carbons (Fsp3) is 0.143. The van der Waals surface area contributed by atoms with Gasteiger partial charge in [0, 0.05) is 18.9 Å². The lowest BCUT2D eigenvalue weighted by atomic mass is 10.2. The summed E-state index contributed by atoms with van der Waals surface area (Å²) in [6, 6.07) is 5.71. The van der Waals surface area contributed by atoms with Gasteiger partial charge in [-0.2, -0.15) is 5.10 Å². The van der Waals surface area contributed by atoms with E-state index in [-0.39, 0.29) is 5.91 Å². The number of nitrogens with zero attached hydrogens (tertiary/aromatic N) is 3. The molecule has 0 aliphatic rings. The van der Waals surface area contributed by atoms with Gasteiger partial charge < -0.3 is 5.32 Å². The van der Waals surface area contributed by atoms with Gasteiger partial charge in [0.25, 0.3) is 5.91 Å². The highest BCUT2D eigenvalue weighted by Gasteiger charge is 2.15. The maximum atomic E-state index is 12.3. The van der Waals surface area contributed by atoms with Crippen molar-refractivity contribution in [2.24, 2.45) is 0 Å². The highest BCUT2D eigenvalue weighted by atomic mass is 32.1. The van der Waals surface area contributed by atoms with Gasteiger partial charge in [-0.25, -0.2) is 4.98 Å². The zero-order valence-corrected chi connectivity index (χ0v) is 12.1. The van der Waals surface area contributed by atoms with E-state index in [1.165, 1.54) is 17.7 Å². The van der Waals surface area contributed by atoms with Gasteiger partial charge in [-0.3, -0.25) is 14.9 Å². The van der Waals surface area contributed by atoms with Gasteiger partial charge in [0.05, 0.1) is 9.75 Å². The highest BCUT2D eigenvalue weighted by Crippen LogP contribution is 2.28. The molecule has 0 bridgehead atoms. The van der Waals surface area contributed by atoms with E-state index >= 15 is 0 Å². The molecule has 21 heavy (non-hydrogen) atoms. The number of pyridine rings is 1. The van der Waals surface area contributed by atoms with Crippen molar-refractivity contribution in [1.29, 1.82) is 0 Å². The first-order valence-electron chi connectivity index (χ1n) is 6.37. The number of hydrogen-bond acceptors (Lipinski definition) is 5. The Bertz CT molecular complexity index is 736. The smallest absolute Gasteiger partial charge is 0.261 e. The van der Waals surface area contributed by atoms with Gasteiger partial charge in [-0.1, -0.05) is 6.07 Å². The number of carbonyl (C=O) groups excluding carboxylic acids is 1. The Morgan fingerprint density at radius 2 is 2.38 bits per heavy atom. The van der Waals surface area contributed by atoms with Crippen molar-refractivity contribution in [1.82, 2.24) is 25.5 Å². The average molecular weight is 299 g/mol. The van der Waals surface area contributed by atoms with Crippen molar-refractivity contribution in [3.8, 4) is 10.7 Å². The molecule has 7 heteroatoms. The summed E-state index contributed by atoms with van der Waals surface area (Å²) in [5, 5.41) is 9.52. The molecule has 6 nitrogen and oxygen atoms in total. The number of amides is 1. The standard InChI is InChI=1S/C14H13N5OS/c1-9-5-11(13-17-8-18-19-13)21-12(9)14(20)16-7-10-3-2-4-15-6-10/h2-6,8H,7H2,1H3,(H,16,20)(H,17,18,19). The van der Waals surface area contributed by atoms with Crippen molar-refractivity contribution in [3.63, 3.8) is 0 Å². The van der Waals surface area contributed by atoms with E-state index in [1.54, 1.807) is 12.4 Å². The molecule has 0 unspecified atom stereocenters. The minimum Gasteiger partial charge on any atom is -0.347 e. The van der Waals surface area contributed by atoms with Crippen molar-refractivity contribution < 1.29 is 4.79 Å². The van der Waals surface area contributed by atoms with E-state index in [0.29, 0.717) is 17.2 Å². The number of hydrogen-bond donors (Lipinski definition) is 2. The molecule has 3 heterocycles. The molecule has 0 aromatic carbocycles. The van der Waals surface area contributed by atoms with E-state index in [4.69, 9.17) is 0 Å². The first kappa shape index (κ1) is 13.4. The Balaban J connectivity index is 1.73. The molecule has 106 valence electrons. The largest absolute Gasteiger partial charge is 0.347 e. The number of carbonyl (C=O) groups is 1. The molecule has 0 saturated heterocycles. The van der Waals surface area contributed by atoms with Gasteiger partial charge >= 0.3 is 0 Å². The molecule has 3 rings (SSSR count). The normalized spacial score (nSPS) is 10.5. The summed E-state index contributed by atoms with van der Waals surface area (Å²) in [5.74, 6) is 0.585. The van der Waals surface area contributed by atoms with Crippen LogP contribution in [0.3, 0.4) is 0 Å². The van der Waals surface area contributed by atoms with Gasteiger partial charge in [0.2, 0.25) is 0 Å². The topological polar surface area (TPSA) is 83.6 Å². The number of aromatic nitrogens is 4. The predicted octanol–water partition coefficient (Wildman–Crippen LogP) is 2.17. The highest BCUT2D eigenvalue weighted by molar-refractivity contribution is 7.17. The molecule has 3 aromatic rings. The minimum absolute atomic E-state index is 0.0906. The Morgan fingerprint density at radius 3 is 3.10 bits per heavy atom. The second-order valence-corrected chi connectivity index (χ2v) is 5.55. The average Bonchev–Trinajstić information content (AvgIpc) is 3.15. The third-order valence-electron chi connectivity index (χ3n) is 2.95. The number of aryl methyl sites for hydroxylation is 1. The van der Waals surface area contributed by atoms with E-state index in [0.717, 1.165) is 16.0 Å². The molecule has 3 aromatic heterocycles. The minimum atomic E-state index is -0.0906. The maximum absolute atomic E-state index is 12.3. The lowest BCUT2D eigenvalue weighted by molar-refractivity contribution is 0.0954. The monoisotopic (exact) mass is 299 g/mol. The van der Waals surface area contributed by atoms with Gasteiger partial charge in [0.15, 0.2) is 5.82 Å². The predicted molar refractivity (Wildman–Crippen MR) is 79.8 cm³/mol. The van der Waals surface area contributed by atoms with Crippen LogP contribution in [0.2, 0.25) is 0 Å². The van der Waals surface area contributed by atoms with Crippen LogP contribution in [0.25, 0.3) is 10.7 Å². The number of aromatic amines is 1. The molecule has 0 fully saturated rings. The Hall–Kier alpha value is -2.54. The summed E-state index contributed by atoms with van der Waals surface area (Å²) >= 11 is 1.40. The molecular formula is C14H13N5OS. The molecule has 0 spiro atoms. The number of nitrogens with one attached hydrogen (secondary N) is 2. The molecule has 0 radical (unpaired) electrons. The second kappa shape index (κ2) is 5.84. The summed E-state index contributed by atoms with van der Waals surface area (Å²) in [5.41, 5.74) is 1.89. The van der Waals surface area contributed by atoms with Crippen molar-refractivity contribution in [2.45, 2.75) is 13.5 Å². The fourth-order valence-corrected chi connectivity index (χ4v) is 2.95. The maximum Gasteiger partial charge on any atom is 0.261 e. The van der Waals surface area contributed by atoms with E-state index < -0.39 is 0 Å². The first-order chi connectivity index (χ1) is 10.2. The lowest BCUT2D eigenvalue weighted by Crippen LogP contribution is -2.22. The van der Waals surface area contributed by atoms with Crippen LogP contribution in [0.4, 0.5) is 0 Å². The Morgan fingerprint density at radius 1 is 1.48 bits per heavy atom. The second-order valence-electron chi connectivity index (χ2n) is 4.50. The quantitative estimate of drug-likeness (QED) is 0.773. The molecule has 0 saturated carbocycles. The zero-order valence-electron chi connectivity index (χ0n) is 11.3. The van der Waals surface area contributed by atoms with Gasteiger partial charge in [0.1, 0.15) is 6.33 Å². The molecule has 1 amide bonds. The van der Waals surface area contributed by atoms with Crippen molar-refractivity contribution >= 4 is 17.2 Å². The molecule has 2 N–H and O–H groups in total. The summed E-state index contributed by atoms with van der Waals surface area (Å²) in [6.45, 7) is 2.37. The van der Waals surface area contributed by atoms with Gasteiger partial charge in [-0.05, 0) is 30.2 Å². The summed E-state index contributed by atoms with van der Waals surface area (Å²) in [4.78, 5) is 22.0. The molecular weight excluding hydrogens is 286 g/mol. The molecule has 0 atom stereocenters. The Kier molecular flexibility index (Phi) is 3.74. The summed E-state index contributed by atoms with van der Waals surface area (Å²) in [6.07, 6.45) is 4.90. The number of rotatable bonds is 4. The van der Waals surface area contributed by atoms with Crippen LogP contribution in [-0.4, -0.2) is 26.1 Å². The van der Waals surface area contributed by atoms with Crippen LogP contribution in [0.5, 0.6) is 0 Å². The van der Waals surface area contributed by atoms with E-state index in [9.17, 15) is 4.79 Å². The van der Waals surface area contributed by atoms with Gasteiger partial charge in [-0.15, -0.1) is 11.3 Å². The number of thiophene rings is 1. The number of H-pyrrole nitrogens is 1. The third-order valence-corrected chi connectivity index (χ3v) is 4.19. The van der Waals surface area contributed by atoms with Crippen LogP contribution in [-0.2, 0) is 6.54 Å². The van der Waals surface area contributed by atoms with E-state index in [1.807, 2.05) is 25.1 Å². The fourth-order valence-electron chi connectivity index (χ4n) is 1.91. The van der Waals surface area contributed by atoms with Crippen molar-refractivity contribution in [3.05, 3.63) is 52.9 Å². The lowest BCUT2D eigenvalue weighted by Gasteiger charge is -2.03. The van der Waals surface area contributed by atoms with Crippen LogP contribution in [0, 0.1) is 6.92 Å². The Labute approximate surface area is 125 Å². The molecule has 0 aliphatic carbocycles. The zero-order chi connectivity index (χ0) is 14.7. The van der Waals surface area contributed by atoms with E-state index in [2.05, 4.69) is 25.5 Å². The molecule has 0 aliphatic heterocycles.